The number of benzene rings is 1. The van der Waals surface area contributed by atoms with Crippen molar-refractivity contribution >= 4 is 17.7 Å². The second-order valence-corrected chi connectivity index (χ2v) is 4.09. The molecule has 0 atom stereocenters. The average Bonchev–Trinajstić information content (AvgIpc) is 2.94. The highest BCUT2D eigenvalue weighted by molar-refractivity contribution is 6.09. The summed E-state index contributed by atoms with van der Waals surface area (Å²) in [6, 6.07) is 10.0. The van der Waals surface area contributed by atoms with Gasteiger partial charge in [0.1, 0.15) is 35.6 Å². The van der Waals surface area contributed by atoms with Crippen LogP contribution in [0, 0.1) is 17.1 Å². The number of halogens is 1. The van der Waals surface area contributed by atoms with Crippen LogP contribution in [-0.2, 0) is 11.4 Å². The summed E-state index contributed by atoms with van der Waals surface area (Å²) in [5.41, 5.74) is 0.205. The third-order valence-electron chi connectivity index (χ3n) is 2.59. The number of carbonyl (C=O) groups excluding carboxylic acids is 1. The molecule has 0 unspecified atom stereocenters. The minimum Gasteiger partial charge on any atom is -0.459 e. The molecule has 0 fully saturated rings. The van der Waals surface area contributed by atoms with E-state index in [9.17, 15) is 9.18 Å². The van der Waals surface area contributed by atoms with Crippen molar-refractivity contribution < 1.29 is 18.7 Å². The number of nitrogens with one attached hydrogen (secondary N) is 1. The first-order chi connectivity index (χ1) is 10.1. The molecule has 1 aromatic carbocycles. The molecule has 2 rings (SSSR count). The number of hydrogen-bond donors (Lipinski definition) is 2. The van der Waals surface area contributed by atoms with Crippen molar-refractivity contribution in [2.75, 3.05) is 5.32 Å². The number of furan rings is 1. The molecule has 0 saturated heterocycles. The van der Waals surface area contributed by atoms with Gasteiger partial charge < -0.3 is 14.8 Å². The molecule has 1 heterocycles. The van der Waals surface area contributed by atoms with Gasteiger partial charge in [-0.2, -0.15) is 5.26 Å². The summed E-state index contributed by atoms with van der Waals surface area (Å²) in [4.78, 5) is 11.9. The second kappa shape index (κ2) is 6.50. The van der Waals surface area contributed by atoms with Crippen molar-refractivity contribution in [3.8, 4) is 6.07 Å². The third kappa shape index (κ3) is 3.78. The number of rotatable bonds is 4. The van der Waals surface area contributed by atoms with Gasteiger partial charge in [0.15, 0.2) is 0 Å². The molecule has 21 heavy (non-hydrogen) atoms. The van der Waals surface area contributed by atoms with E-state index in [1.807, 2.05) is 0 Å². The number of aliphatic hydroxyl groups is 1. The highest BCUT2D eigenvalue weighted by Gasteiger charge is 2.11. The summed E-state index contributed by atoms with van der Waals surface area (Å²) < 4.78 is 17.9. The van der Waals surface area contributed by atoms with Crippen molar-refractivity contribution in [3.63, 3.8) is 0 Å². The van der Waals surface area contributed by atoms with E-state index in [0.29, 0.717) is 11.4 Å². The molecule has 0 aliphatic heterocycles. The van der Waals surface area contributed by atoms with Crippen molar-refractivity contribution in [1.29, 1.82) is 5.26 Å². The topological polar surface area (TPSA) is 86.3 Å². The first-order valence-corrected chi connectivity index (χ1v) is 6.00. The number of carbonyl (C=O) groups is 1. The van der Waals surface area contributed by atoms with Gasteiger partial charge in [0, 0.05) is 11.8 Å². The van der Waals surface area contributed by atoms with E-state index in [1.54, 1.807) is 12.1 Å². The molecule has 0 aliphatic carbocycles. The zero-order chi connectivity index (χ0) is 15.2. The maximum absolute atomic E-state index is 12.8. The van der Waals surface area contributed by atoms with Crippen LogP contribution < -0.4 is 5.32 Å². The van der Waals surface area contributed by atoms with E-state index < -0.39 is 11.7 Å². The molecule has 2 N–H and O–H groups in total. The van der Waals surface area contributed by atoms with Crippen LogP contribution in [0.25, 0.3) is 6.08 Å². The van der Waals surface area contributed by atoms with Crippen molar-refractivity contribution in [2.45, 2.75) is 6.61 Å². The van der Waals surface area contributed by atoms with E-state index >= 15 is 0 Å². The molecule has 5 nitrogen and oxygen atoms in total. The highest BCUT2D eigenvalue weighted by atomic mass is 19.1. The lowest BCUT2D eigenvalue weighted by Crippen LogP contribution is -2.13. The smallest absolute Gasteiger partial charge is 0.266 e. The van der Waals surface area contributed by atoms with Crippen LogP contribution in [-0.4, -0.2) is 11.0 Å². The number of nitrogens with zero attached hydrogens (tertiary/aromatic N) is 1. The quantitative estimate of drug-likeness (QED) is 0.667. The zero-order valence-corrected chi connectivity index (χ0v) is 10.8. The normalized spacial score (nSPS) is 11.0. The Balaban J connectivity index is 2.15. The largest absolute Gasteiger partial charge is 0.459 e. The maximum atomic E-state index is 12.8. The number of anilines is 1. The Labute approximate surface area is 119 Å². The summed E-state index contributed by atoms with van der Waals surface area (Å²) in [6.07, 6.45) is 1.26. The lowest BCUT2D eigenvalue weighted by Gasteiger charge is -2.03. The first kappa shape index (κ1) is 14.5. The number of aliphatic hydroxyl groups excluding tert-OH is 1. The van der Waals surface area contributed by atoms with Gasteiger partial charge in [-0.05, 0) is 36.4 Å². The van der Waals surface area contributed by atoms with Gasteiger partial charge in [0.2, 0.25) is 0 Å². The molecule has 0 saturated carbocycles. The molecule has 0 spiro atoms. The van der Waals surface area contributed by atoms with Gasteiger partial charge in [-0.3, -0.25) is 4.79 Å². The van der Waals surface area contributed by atoms with E-state index in [-0.39, 0.29) is 17.9 Å². The van der Waals surface area contributed by atoms with Crippen LogP contribution in [0.15, 0.2) is 46.4 Å². The monoisotopic (exact) mass is 286 g/mol. The molecule has 0 bridgehead atoms. The number of amides is 1. The minimum atomic E-state index is -0.633. The van der Waals surface area contributed by atoms with Gasteiger partial charge in [-0.15, -0.1) is 0 Å². The second-order valence-electron chi connectivity index (χ2n) is 4.09. The van der Waals surface area contributed by atoms with E-state index in [4.69, 9.17) is 14.8 Å². The summed E-state index contributed by atoms with van der Waals surface area (Å²) in [5.74, 6) is -0.440. The Morgan fingerprint density at radius 1 is 1.33 bits per heavy atom. The highest BCUT2D eigenvalue weighted by Crippen LogP contribution is 2.14. The van der Waals surface area contributed by atoms with Crippen LogP contribution in [0.4, 0.5) is 10.1 Å². The summed E-state index contributed by atoms with van der Waals surface area (Å²) in [7, 11) is 0. The number of nitriles is 1. The molecule has 0 radical (unpaired) electrons. The molecule has 6 heteroatoms. The van der Waals surface area contributed by atoms with Crippen molar-refractivity contribution in [3.05, 3.63) is 59.3 Å². The van der Waals surface area contributed by atoms with Crippen LogP contribution in [0.1, 0.15) is 11.5 Å². The van der Waals surface area contributed by atoms with Gasteiger partial charge in [0.05, 0.1) is 0 Å². The first-order valence-electron chi connectivity index (χ1n) is 6.00. The fourth-order valence-corrected chi connectivity index (χ4v) is 1.58. The van der Waals surface area contributed by atoms with Gasteiger partial charge in [-0.25, -0.2) is 4.39 Å². The predicted octanol–water partition coefficient (Wildman–Crippen LogP) is 2.46. The average molecular weight is 286 g/mol. The molecule has 1 aromatic heterocycles. The lowest BCUT2D eigenvalue weighted by atomic mass is 10.2. The summed E-state index contributed by atoms with van der Waals surface area (Å²) in [6.45, 7) is -0.266. The van der Waals surface area contributed by atoms with Gasteiger partial charge in [-0.1, -0.05) is 0 Å². The lowest BCUT2D eigenvalue weighted by molar-refractivity contribution is -0.112. The maximum Gasteiger partial charge on any atom is 0.266 e. The fourth-order valence-electron chi connectivity index (χ4n) is 1.58. The fraction of sp³-hybridized carbons (Fsp3) is 0.0667. The minimum absolute atomic E-state index is 0.168. The van der Waals surface area contributed by atoms with Crippen LogP contribution >= 0.6 is 0 Å². The van der Waals surface area contributed by atoms with Gasteiger partial charge >= 0.3 is 0 Å². The van der Waals surface area contributed by atoms with Gasteiger partial charge in [0.25, 0.3) is 5.91 Å². The Morgan fingerprint density at radius 3 is 2.62 bits per heavy atom. The van der Waals surface area contributed by atoms with Crippen LogP contribution in [0.3, 0.4) is 0 Å². The van der Waals surface area contributed by atoms with Crippen molar-refractivity contribution in [2.24, 2.45) is 0 Å². The third-order valence-corrected chi connectivity index (χ3v) is 2.59. The molecule has 1 amide bonds. The summed E-state index contributed by atoms with van der Waals surface area (Å²) >= 11 is 0. The SMILES string of the molecule is N#CC(=Cc1ccc(CO)o1)C(=O)Nc1ccc(F)cc1. The Kier molecular flexibility index (Phi) is 4.49. The van der Waals surface area contributed by atoms with Crippen LogP contribution in [0.2, 0.25) is 0 Å². The van der Waals surface area contributed by atoms with Crippen LogP contribution in [0.5, 0.6) is 0 Å². The molecule has 0 aliphatic rings. The molecular formula is C15H11FN2O3. The zero-order valence-electron chi connectivity index (χ0n) is 10.8. The Bertz CT molecular complexity index is 711. The molecular weight excluding hydrogens is 275 g/mol. The Morgan fingerprint density at radius 2 is 2.05 bits per heavy atom. The van der Waals surface area contributed by atoms with E-state index in [1.165, 1.54) is 36.4 Å². The molecule has 2 aromatic rings. The van der Waals surface area contributed by atoms with E-state index in [2.05, 4.69) is 5.32 Å². The predicted molar refractivity (Wildman–Crippen MR) is 73.3 cm³/mol. The van der Waals surface area contributed by atoms with E-state index in [0.717, 1.165) is 0 Å². The summed E-state index contributed by atoms with van der Waals surface area (Å²) in [5, 5.41) is 20.4. The number of hydrogen-bond acceptors (Lipinski definition) is 4. The standard InChI is InChI=1S/C15H11FN2O3/c16-11-1-3-12(4-2-11)18-15(20)10(8-17)7-13-5-6-14(9-19)21-13/h1-7,19H,9H2,(H,18,20). The molecule has 106 valence electrons. The Hall–Kier alpha value is -2.91. The van der Waals surface area contributed by atoms with Crippen molar-refractivity contribution in [1.82, 2.24) is 0 Å².